The van der Waals surface area contributed by atoms with Crippen molar-refractivity contribution in [1.29, 1.82) is 0 Å². The molecule has 0 bridgehead atoms. The van der Waals surface area contributed by atoms with Gasteiger partial charge >= 0.3 is 12.1 Å². The number of carboxylic acids is 1. The van der Waals surface area contributed by atoms with Crippen LogP contribution in [0.15, 0.2) is 48.5 Å². The van der Waals surface area contributed by atoms with Crippen LogP contribution in [0.25, 0.3) is 0 Å². The highest BCUT2D eigenvalue weighted by atomic mass is 32.2. The van der Waals surface area contributed by atoms with Crippen LogP contribution in [0, 0.1) is 5.82 Å². The maximum atomic E-state index is 12.9. The van der Waals surface area contributed by atoms with Crippen LogP contribution in [0.1, 0.15) is 35.2 Å². The van der Waals surface area contributed by atoms with Crippen LogP contribution in [0.4, 0.5) is 17.6 Å². The van der Waals surface area contributed by atoms with E-state index in [2.05, 4.69) is 17.4 Å². The molecule has 3 rings (SSSR count). The molecule has 0 saturated carbocycles. The van der Waals surface area contributed by atoms with E-state index in [1.807, 2.05) is 23.9 Å². The Labute approximate surface area is 193 Å². The number of carbonyl (C=O) groups is 2. The Morgan fingerprint density at radius 2 is 1.73 bits per heavy atom. The van der Waals surface area contributed by atoms with Gasteiger partial charge in [-0.05, 0) is 54.8 Å². The smallest absolute Gasteiger partial charge is 0.490 e. The van der Waals surface area contributed by atoms with Crippen LogP contribution < -0.4 is 10.1 Å². The monoisotopic (exact) mass is 487 g/mol. The van der Waals surface area contributed by atoms with Crippen LogP contribution >= 0.6 is 11.8 Å². The third kappa shape index (κ3) is 9.43. The van der Waals surface area contributed by atoms with Gasteiger partial charge in [-0.1, -0.05) is 12.1 Å². The van der Waals surface area contributed by atoms with E-state index in [-0.39, 0.29) is 11.6 Å². The second-order valence-electron chi connectivity index (χ2n) is 7.39. The van der Waals surface area contributed by atoms with Crippen molar-refractivity contribution < 1.29 is 37.0 Å². The summed E-state index contributed by atoms with van der Waals surface area (Å²) in [7, 11) is 1.68. The molecule has 0 radical (unpaired) electrons. The van der Waals surface area contributed by atoms with Gasteiger partial charge in [0.05, 0.1) is 7.11 Å². The average Bonchev–Trinajstić information content (AvgIpc) is 3.24. The Hall–Kier alpha value is -2.59. The molecular weight excluding hydrogens is 462 g/mol. The molecular formula is C23H25F4NO4S. The number of ether oxygens (including phenoxy) is 1. The molecule has 1 fully saturated rings. The number of hydrogen-bond acceptors (Lipinski definition) is 5. The first-order valence-corrected chi connectivity index (χ1v) is 11.2. The third-order valence-corrected chi connectivity index (χ3v) is 6.29. The molecule has 5 nitrogen and oxygen atoms in total. The number of halogens is 4. The predicted molar refractivity (Wildman–Crippen MR) is 118 cm³/mol. The summed E-state index contributed by atoms with van der Waals surface area (Å²) >= 11 is 1.96. The van der Waals surface area contributed by atoms with Gasteiger partial charge in [0.2, 0.25) is 0 Å². The molecule has 2 aromatic rings. The molecule has 0 unspecified atom stereocenters. The predicted octanol–water partition coefficient (Wildman–Crippen LogP) is 5.09. The van der Waals surface area contributed by atoms with Crippen molar-refractivity contribution in [1.82, 2.24) is 5.32 Å². The van der Waals surface area contributed by atoms with E-state index in [0.717, 1.165) is 30.9 Å². The van der Waals surface area contributed by atoms with Gasteiger partial charge in [0, 0.05) is 35.6 Å². The van der Waals surface area contributed by atoms with E-state index < -0.39 is 12.1 Å². The molecule has 0 spiro atoms. The topological polar surface area (TPSA) is 75.6 Å². The van der Waals surface area contributed by atoms with Crippen molar-refractivity contribution >= 4 is 23.5 Å². The Morgan fingerprint density at radius 3 is 2.27 bits per heavy atom. The van der Waals surface area contributed by atoms with E-state index in [4.69, 9.17) is 14.6 Å². The molecule has 2 atom stereocenters. The molecule has 1 saturated heterocycles. The minimum atomic E-state index is -5.08. The lowest BCUT2D eigenvalue weighted by molar-refractivity contribution is -0.192. The molecule has 1 aliphatic heterocycles. The minimum Gasteiger partial charge on any atom is -0.497 e. The first kappa shape index (κ1) is 26.7. The standard InChI is InChI=1S/C21H24FNO2S.C2HF3O2/c1-25-19-9-2-15(3-10-19)14-26-20-12-18(23-13-20)8-11-21(24)16-4-6-17(22)7-5-16;3-2(4,5)1(6)7/h2-7,9-10,18,20,23H,8,11-14H2,1H3;(H,6,7)/t18-,20-;/m1./s1. The summed E-state index contributed by atoms with van der Waals surface area (Å²) in [6.07, 6.45) is -2.67. The molecule has 180 valence electrons. The summed E-state index contributed by atoms with van der Waals surface area (Å²) < 4.78 is 49.8. The lowest BCUT2D eigenvalue weighted by Gasteiger charge is -2.11. The summed E-state index contributed by atoms with van der Waals surface area (Å²) in [5, 5.41) is 11.2. The molecule has 0 aromatic heterocycles. The Kier molecular flexibility index (Phi) is 10.2. The number of nitrogens with one attached hydrogen (secondary N) is 1. The SMILES string of the molecule is COc1ccc(CS[C@H]2CN[C@H](CCC(=O)c3ccc(F)cc3)C2)cc1.O=C(O)C(F)(F)F. The Balaban J connectivity index is 0.000000479. The molecule has 1 aliphatic rings. The number of hydrogen-bond donors (Lipinski definition) is 2. The summed E-state index contributed by atoms with van der Waals surface area (Å²) in [6, 6.07) is 14.4. The number of Topliss-reactive ketones (excluding diaryl/α,β-unsaturated/α-hetero) is 1. The van der Waals surface area contributed by atoms with Crippen molar-refractivity contribution in [2.75, 3.05) is 13.7 Å². The molecule has 0 aliphatic carbocycles. The van der Waals surface area contributed by atoms with Gasteiger partial charge in [-0.2, -0.15) is 24.9 Å². The highest BCUT2D eigenvalue weighted by Gasteiger charge is 2.38. The van der Waals surface area contributed by atoms with Gasteiger partial charge in [0.15, 0.2) is 5.78 Å². The molecule has 0 amide bonds. The van der Waals surface area contributed by atoms with Crippen molar-refractivity contribution in [3.8, 4) is 5.75 Å². The molecule has 2 aromatic carbocycles. The maximum absolute atomic E-state index is 12.9. The van der Waals surface area contributed by atoms with Crippen LogP contribution in [-0.4, -0.2) is 48.0 Å². The van der Waals surface area contributed by atoms with Gasteiger partial charge in [0.25, 0.3) is 0 Å². The van der Waals surface area contributed by atoms with Crippen LogP contribution in [0.2, 0.25) is 0 Å². The fraction of sp³-hybridized carbons (Fsp3) is 0.391. The van der Waals surface area contributed by atoms with E-state index in [0.29, 0.717) is 23.3 Å². The fourth-order valence-electron chi connectivity index (χ4n) is 3.15. The normalized spacial score (nSPS) is 17.7. The molecule has 2 N–H and O–H groups in total. The summed E-state index contributed by atoms with van der Waals surface area (Å²) in [4.78, 5) is 21.1. The quantitative estimate of drug-likeness (QED) is 0.399. The highest BCUT2D eigenvalue weighted by Crippen LogP contribution is 2.27. The van der Waals surface area contributed by atoms with E-state index >= 15 is 0 Å². The summed E-state index contributed by atoms with van der Waals surface area (Å²) in [6.45, 7) is 0.982. The van der Waals surface area contributed by atoms with Crippen molar-refractivity contribution in [3.05, 3.63) is 65.5 Å². The number of carbonyl (C=O) groups excluding carboxylic acids is 1. The number of ketones is 1. The number of thioether (sulfide) groups is 1. The van der Waals surface area contributed by atoms with Crippen molar-refractivity contribution in [2.24, 2.45) is 0 Å². The van der Waals surface area contributed by atoms with E-state index in [1.165, 1.54) is 17.7 Å². The van der Waals surface area contributed by atoms with Crippen molar-refractivity contribution in [2.45, 2.75) is 42.5 Å². The molecule has 33 heavy (non-hydrogen) atoms. The Morgan fingerprint density at radius 1 is 1.12 bits per heavy atom. The number of carboxylic acid groups (broad SMARTS) is 1. The lowest BCUT2D eigenvalue weighted by Crippen LogP contribution is -2.22. The molecule has 10 heteroatoms. The highest BCUT2D eigenvalue weighted by molar-refractivity contribution is 7.99. The van der Waals surface area contributed by atoms with Gasteiger partial charge in [0.1, 0.15) is 11.6 Å². The minimum absolute atomic E-state index is 0.0844. The summed E-state index contributed by atoms with van der Waals surface area (Å²) in [5.74, 6) is -1.12. The number of rotatable bonds is 8. The van der Waals surface area contributed by atoms with E-state index in [1.54, 1.807) is 19.2 Å². The zero-order valence-corrected chi connectivity index (χ0v) is 18.7. The lowest BCUT2D eigenvalue weighted by atomic mass is 10.0. The average molecular weight is 488 g/mol. The first-order valence-electron chi connectivity index (χ1n) is 10.1. The largest absolute Gasteiger partial charge is 0.497 e. The second kappa shape index (κ2) is 12.6. The zero-order valence-electron chi connectivity index (χ0n) is 17.9. The van der Waals surface area contributed by atoms with E-state index in [9.17, 15) is 22.4 Å². The summed E-state index contributed by atoms with van der Waals surface area (Å²) in [5.41, 5.74) is 1.89. The van der Waals surface area contributed by atoms with Crippen LogP contribution in [0.5, 0.6) is 5.75 Å². The van der Waals surface area contributed by atoms with Gasteiger partial charge in [-0.3, -0.25) is 4.79 Å². The first-order chi connectivity index (χ1) is 15.6. The van der Waals surface area contributed by atoms with Crippen LogP contribution in [0.3, 0.4) is 0 Å². The number of aliphatic carboxylic acids is 1. The second-order valence-corrected chi connectivity index (χ2v) is 8.68. The van der Waals surface area contributed by atoms with Gasteiger partial charge in [-0.15, -0.1) is 0 Å². The third-order valence-electron chi connectivity index (χ3n) is 4.95. The van der Waals surface area contributed by atoms with Gasteiger partial charge < -0.3 is 15.2 Å². The van der Waals surface area contributed by atoms with Crippen LogP contribution in [-0.2, 0) is 10.5 Å². The molecule has 1 heterocycles. The van der Waals surface area contributed by atoms with Crippen molar-refractivity contribution in [3.63, 3.8) is 0 Å². The fourth-order valence-corrected chi connectivity index (χ4v) is 4.35. The number of methoxy groups -OCH3 is 1. The number of alkyl halides is 3. The Bertz CT molecular complexity index is 904. The van der Waals surface area contributed by atoms with Gasteiger partial charge in [-0.25, -0.2) is 9.18 Å². The number of benzene rings is 2. The maximum Gasteiger partial charge on any atom is 0.490 e. The zero-order chi connectivity index (χ0) is 24.4.